The number of β-amino-alcohol motifs (C(OH)–C–C–N with tert-alkyl or cyclic N) is 1. The van der Waals surface area contributed by atoms with Crippen LogP contribution in [0.15, 0.2) is 42.7 Å². The molecule has 1 saturated heterocycles. The van der Waals surface area contributed by atoms with Gasteiger partial charge in [-0.05, 0) is 17.2 Å². The van der Waals surface area contributed by atoms with Gasteiger partial charge in [0.05, 0.1) is 19.8 Å². The number of ether oxygens (including phenoxy) is 1. The van der Waals surface area contributed by atoms with Crippen LogP contribution in [-0.4, -0.2) is 53.3 Å². The lowest BCUT2D eigenvalue weighted by Crippen LogP contribution is -2.50. The van der Waals surface area contributed by atoms with Gasteiger partial charge in [0.25, 0.3) is 0 Å². The first-order valence-electron chi connectivity index (χ1n) is 8.01. The Bertz CT molecular complexity index is 592. The lowest BCUT2D eigenvalue weighted by Gasteiger charge is -2.26. The molecule has 0 radical (unpaired) electrons. The van der Waals surface area contributed by atoms with Crippen molar-refractivity contribution in [3.05, 3.63) is 53.9 Å². The van der Waals surface area contributed by atoms with E-state index in [1.165, 1.54) is 11.1 Å². The summed E-state index contributed by atoms with van der Waals surface area (Å²) in [5.41, 5.74) is 1.59. The number of hydrogen-bond donors (Lipinski definition) is 3. The Hall–Kier alpha value is -1.73. The van der Waals surface area contributed by atoms with Crippen molar-refractivity contribution in [1.29, 1.82) is 0 Å². The average molecular weight is 316 g/mol. The van der Waals surface area contributed by atoms with Crippen molar-refractivity contribution >= 4 is 0 Å². The summed E-state index contributed by atoms with van der Waals surface area (Å²) < 4.78 is 7.35. The van der Waals surface area contributed by atoms with E-state index in [2.05, 4.69) is 27.9 Å². The van der Waals surface area contributed by atoms with E-state index in [0.717, 1.165) is 13.1 Å². The second-order valence-corrected chi connectivity index (χ2v) is 6.03. The first kappa shape index (κ1) is 16.1. The quantitative estimate of drug-likeness (QED) is 0.718. The van der Waals surface area contributed by atoms with Gasteiger partial charge in [-0.15, -0.1) is 0 Å². The molecule has 1 fully saturated rings. The number of aliphatic hydroxyl groups is 1. The monoisotopic (exact) mass is 316 g/mol. The Balaban J connectivity index is 1.57. The predicted octanol–water partition coefficient (Wildman–Crippen LogP) is 0.372. The summed E-state index contributed by atoms with van der Waals surface area (Å²) >= 11 is 0. The molecule has 2 heterocycles. The molecule has 1 aliphatic heterocycles. The molecule has 3 N–H and O–H groups in total. The molecule has 1 aromatic carbocycles. The average Bonchev–Trinajstić information content (AvgIpc) is 2.96. The Labute approximate surface area is 136 Å². The first-order valence-corrected chi connectivity index (χ1v) is 8.01. The lowest BCUT2D eigenvalue weighted by atomic mass is 10.0. The summed E-state index contributed by atoms with van der Waals surface area (Å²) in [6, 6.07) is 10.2. The number of nitrogens with zero attached hydrogens (tertiary/aromatic N) is 2. The van der Waals surface area contributed by atoms with Gasteiger partial charge in [0.15, 0.2) is 0 Å². The molecule has 0 saturated carbocycles. The van der Waals surface area contributed by atoms with Gasteiger partial charge in [0.2, 0.25) is 0 Å². The van der Waals surface area contributed by atoms with Crippen molar-refractivity contribution in [2.45, 2.75) is 18.7 Å². The third kappa shape index (κ3) is 4.62. The minimum absolute atomic E-state index is 0.363. The molecule has 124 valence electrons. The molecule has 0 amide bonds. The van der Waals surface area contributed by atoms with Gasteiger partial charge in [0, 0.05) is 38.6 Å². The molecule has 0 spiro atoms. The minimum atomic E-state index is -0.854. The van der Waals surface area contributed by atoms with E-state index in [9.17, 15) is 5.11 Å². The molecule has 6 nitrogen and oxygen atoms in total. The van der Waals surface area contributed by atoms with Crippen LogP contribution in [-0.2, 0) is 17.8 Å². The van der Waals surface area contributed by atoms with Gasteiger partial charge < -0.3 is 20.5 Å². The molecule has 2 aromatic rings. The topological polar surface area (TPSA) is 71.3 Å². The largest absolute Gasteiger partial charge is 0.385 e. The maximum atomic E-state index is 10.5. The zero-order valence-corrected chi connectivity index (χ0v) is 13.2. The van der Waals surface area contributed by atoms with E-state index in [1.54, 1.807) is 6.20 Å². The summed E-state index contributed by atoms with van der Waals surface area (Å²) in [5.74, 6) is 0. The molecule has 1 unspecified atom stereocenters. The molecule has 1 aromatic heterocycles. The van der Waals surface area contributed by atoms with Gasteiger partial charge in [-0.3, -0.25) is 4.68 Å². The fourth-order valence-corrected chi connectivity index (χ4v) is 2.77. The summed E-state index contributed by atoms with van der Waals surface area (Å²) in [4.78, 5) is 0. The number of benzene rings is 1. The molecule has 0 aliphatic carbocycles. The number of nitrogens with one attached hydrogen (secondary N) is 2. The molecule has 0 bridgehead atoms. The zero-order valence-electron chi connectivity index (χ0n) is 13.2. The van der Waals surface area contributed by atoms with Crippen molar-refractivity contribution in [1.82, 2.24) is 20.4 Å². The van der Waals surface area contributed by atoms with E-state index in [1.807, 2.05) is 29.1 Å². The van der Waals surface area contributed by atoms with E-state index >= 15 is 0 Å². The predicted molar refractivity (Wildman–Crippen MR) is 88.1 cm³/mol. The van der Waals surface area contributed by atoms with Gasteiger partial charge in [0.1, 0.15) is 5.60 Å². The van der Waals surface area contributed by atoms with Crippen LogP contribution in [0.3, 0.4) is 0 Å². The molecule has 3 rings (SSSR count). The molecular formula is C17H24N4O2. The lowest BCUT2D eigenvalue weighted by molar-refractivity contribution is -0.0264. The highest BCUT2D eigenvalue weighted by Crippen LogP contribution is 2.11. The standard InChI is InChI=1S/C17H24N4O2/c22-17(12-18-7-9-23-14-17)13-19-10-15-4-1-2-5-16(15)11-21-8-3-6-20-21/h1-6,8,18-19,22H,7,9-14H2. The summed E-state index contributed by atoms with van der Waals surface area (Å²) in [5, 5.41) is 21.4. The summed E-state index contributed by atoms with van der Waals surface area (Å²) in [7, 11) is 0. The molecule has 1 aliphatic rings. The molecular weight excluding hydrogens is 292 g/mol. The van der Waals surface area contributed by atoms with Gasteiger partial charge in [-0.1, -0.05) is 24.3 Å². The fraction of sp³-hybridized carbons (Fsp3) is 0.471. The van der Waals surface area contributed by atoms with E-state index in [-0.39, 0.29) is 0 Å². The Kier molecular flexibility index (Phi) is 5.40. The second-order valence-electron chi connectivity index (χ2n) is 6.03. The fourth-order valence-electron chi connectivity index (χ4n) is 2.77. The first-order chi connectivity index (χ1) is 11.3. The second kappa shape index (κ2) is 7.70. The van der Waals surface area contributed by atoms with Crippen molar-refractivity contribution in [2.24, 2.45) is 0 Å². The van der Waals surface area contributed by atoms with E-state index in [0.29, 0.717) is 32.8 Å². The van der Waals surface area contributed by atoms with Crippen LogP contribution < -0.4 is 10.6 Å². The van der Waals surface area contributed by atoms with Crippen LogP contribution in [0.2, 0.25) is 0 Å². The van der Waals surface area contributed by atoms with Crippen molar-refractivity contribution < 1.29 is 9.84 Å². The highest BCUT2D eigenvalue weighted by molar-refractivity contribution is 5.27. The smallest absolute Gasteiger partial charge is 0.113 e. The van der Waals surface area contributed by atoms with Crippen LogP contribution in [0.4, 0.5) is 0 Å². The highest BCUT2D eigenvalue weighted by atomic mass is 16.5. The maximum absolute atomic E-state index is 10.5. The molecule has 1 atom stereocenters. The van der Waals surface area contributed by atoms with E-state index in [4.69, 9.17) is 4.74 Å². The third-order valence-electron chi connectivity index (χ3n) is 4.03. The normalized spacial score (nSPS) is 22.0. The third-order valence-corrected chi connectivity index (χ3v) is 4.03. The Morgan fingerprint density at radius 3 is 3.00 bits per heavy atom. The van der Waals surface area contributed by atoms with Crippen LogP contribution in [0.5, 0.6) is 0 Å². The Morgan fingerprint density at radius 1 is 1.30 bits per heavy atom. The molecule has 23 heavy (non-hydrogen) atoms. The van der Waals surface area contributed by atoms with Crippen molar-refractivity contribution in [3.8, 4) is 0 Å². The summed E-state index contributed by atoms with van der Waals surface area (Å²) in [6.07, 6.45) is 3.75. The number of hydrogen-bond acceptors (Lipinski definition) is 5. The van der Waals surface area contributed by atoms with Gasteiger partial charge >= 0.3 is 0 Å². The highest BCUT2D eigenvalue weighted by Gasteiger charge is 2.28. The van der Waals surface area contributed by atoms with Crippen molar-refractivity contribution in [2.75, 3.05) is 32.8 Å². The van der Waals surface area contributed by atoms with Crippen molar-refractivity contribution in [3.63, 3.8) is 0 Å². The zero-order chi connectivity index (χ0) is 16.0. The van der Waals surface area contributed by atoms with Crippen LogP contribution in [0, 0.1) is 0 Å². The number of rotatable bonds is 6. The van der Waals surface area contributed by atoms with Gasteiger partial charge in [-0.25, -0.2) is 0 Å². The SMILES string of the molecule is OC1(CNCc2ccccc2Cn2cccn2)CNCCOC1. The molecule has 6 heteroatoms. The van der Waals surface area contributed by atoms with Crippen LogP contribution >= 0.6 is 0 Å². The maximum Gasteiger partial charge on any atom is 0.113 e. The van der Waals surface area contributed by atoms with Crippen LogP contribution in [0.25, 0.3) is 0 Å². The number of aromatic nitrogens is 2. The Morgan fingerprint density at radius 2 is 2.17 bits per heavy atom. The van der Waals surface area contributed by atoms with Crippen LogP contribution in [0.1, 0.15) is 11.1 Å². The van der Waals surface area contributed by atoms with Gasteiger partial charge in [-0.2, -0.15) is 5.10 Å². The minimum Gasteiger partial charge on any atom is -0.385 e. The van der Waals surface area contributed by atoms with E-state index < -0.39 is 5.60 Å². The summed E-state index contributed by atoms with van der Waals surface area (Å²) in [6.45, 7) is 4.30.